The van der Waals surface area contributed by atoms with Crippen molar-refractivity contribution in [2.45, 2.75) is 25.2 Å². The van der Waals surface area contributed by atoms with Gasteiger partial charge in [0.05, 0.1) is 11.2 Å². The van der Waals surface area contributed by atoms with Crippen molar-refractivity contribution in [1.82, 2.24) is 0 Å². The van der Waals surface area contributed by atoms with E-state index in [9.17, 15) is 4.39 Å². The number of hydrogen-bond acceptors (Lipinski definition) is 4. The zero-order valence-corrected chi connectivity index (χ0v) is 11.1. The number of anilines is 1. The maximum absolute atomic E-state index is 13.6. The van der Waals surface area contributed by atoms with Gasteiger partial charge in [-0.25, -0.2) is 4.39 Å². The van der Waals surface area contributed by atoms with Crippen LogP contribution in [-0.2, 0) is 9.47 Å². The van der Waals surface area contributed by atoms with Gasteiger partial charge in [0.2, 0.25) is 0 Å². The van der Waals surface area contributed by atoms with Gasteiger partial charge in [0.25, 0.3) is 0 Å². The smallest absolute Gasteiger partial charge is 0.159 e. The number of nitrogens with one attached hydrogen (secondary N) is 1. The van der Waals surface area contributed by atoms with Gasteiger partial charge < -0.3 is 20.5 Å². The van der Waals surface area contributed by atoms with Crippen LogP contribution in [0.25, 0.3) is 0 Å². The molecule has 1 atom stereocenters. The van der Waals surface area contributed by atoms with Gasteiger partial charge in [0.1, 0.15) is 5.82 Å². The summed E-state index contributed by atoms with van der Waals surface area (Å²) in [5, 5.41) is 3.11. The van der Waals surface area contributed by atoms with Crippen molar-refractivity contribution in [3.05, 3.63) is 30.1 Å². The third kappa shape index (κ3) is 3.94. The largest absolute Gasteiger partial charge is 0.376 e. The fourth-order valence-electron chi connectivity index (χ4n) is 1.70. The van der Waals surface area contributed by atoms with E-state index in [1.54, 1.807) is 32.4 Å². The molecule has 0 amide bonds. The Morgan fingerprint density at radius 3 is 2.44 bits per heavy atom. The molecule has 0 radical (unpaired) electrons. The number of hydrogen-bond donors (Lipinski definition) is 2. The van der Waals surface area contributed by atoms with E-state index >= 15 is 0 Å². The van der Waals surface area contributed by atoms with Crippen molar-refractivity contribution in [3.8, 4) is 0 Å². The molecule has 0 bridgehead atoms. The fraction of sp³-hybridized carbons (Fsp3) is 0.538. The third-order valence-electron chi connectivity index (χ3n) is 2.90. The van der Waals surface area contributed by atoms with Crippen LogP contribution < -0.4 is 11.1 Å². The molecule has 0 aliphatic heterocycles. The Balaban J connectivity index is 2.79. The lowest BCUT2D eigenvalue weighted by Crippen LogP contribution is -2.46. The molecule has 0 saturated carbocycles. The molecule has 0 fully saturated rings. The molecular formula is C13H21FN2O2. The summed E-state index contributed by atoms with van der Waals surface area (Å²) in [6.45, 7) is 2.25. The van der Waals surface area contributed by atoms with Gasteiger partial charge in [-0.1, -0.05) is 12.1 Å². The molecule has 1 rings (SSSR count). The molecule has 0 aliphatic carbocycles. The summed E-state index contributed by atoms with van der Waals surface area (Å²) < 4.78 is 23.9. The summed E-state index contributed by atoms with van der Waals surface area (Å²) in [7, 11) is 3.13. The molecule has 0 aromatic heterocycles. The molecule has 5 heteroatoms. The molecule has 4 nitrogen and oxygen atoms in total. The lowest BCUT2D eigenvalue weighted by atomic mass is 9.97. The van der Waals surface area contributed by atoms with Crippen LogP contribution in [0.15, 0.2) is 24.3 Å². The molecule has 18 heavy (non-hydrogen) atoms. The van der Waals surface area contributed by atoms with Crippen LogP contribution in [0.3, 0.4) is 0 Å². The third-order valence-corrected chi connectivity index (χ3v) is 2.90. The van der Waals surface area contributed by atoms with Gasteiger partial charge in [0, 0.05) is 27.2 Å². The highest BCUT2D eigenvalue weighted by Crippen LogP contribution is 2.22. The summed E-state index contributed by atoms with van der Waals surface area (Å²) >= 11 is 0. The minimum atomic E-state index is -0.501. The number of para-hydroxylation sites is 1. The highest BCUT2D eigenvalue weighted by atomic mass is 19.1. The van der Waals surface area contributed by atoms with Crippen molar-refractivity contribution in [1.29, 1.82) is 0 Å². The van der Waals surface area contributed by atoms with Gasteiger partial charge in [0.15, 0.2) is 6.29 Å². The number of methoxy groups -OCH3 is 2. The molecule has 0 aliphatic rings. The molecule has 1 aromatic rings. The molecule has 0 spiro atoms. The van der Waals surface area contributed by atoms with Gasteiger partial charge in [-0.2, -0.15) is 0 Å². The lowest BCUT2D eigenvalue weighted by molar-refractivity contribution is -0.113. The predicted octanol–water partition coefficient (Wildman–Crippen LogP) is 1.96. The van der Waals surface area contributed by atoms with Crippen LogP contribution in [0.5, 0.6) is 0 Å². The first kappa shape index (κ1) is 14.9. The van der Waals surface area contributed by atoms with Crippen LogP contribution in [0.2, 0.25) is 0 Å². The Kier molecular flexibility index (Phi) is 5.53. The van der Waals surface area contributed by atoms with Gasteiger partial charge in [-0.3, -0.25) is 0 Å². The summed E-state index contributed by atoms with van der Waals surface area (Å²) in [6.07, 6.45) is 0.142. The summed E-state index contributed by atoms with van der Waals surface area (Å²) in [5.41, 5.74) is 5.69. The van der Waals surface area contributed by atoms with E-state index in [1.165, 1.54) is 6.07 Å². The van der Waals surface area contributed by atoms with Crippen molar-refractivity contribution in [2.24, 2.45) is 5.73 Å². The Hall–Kier alpha value is -1.17. The average Bonchev–Trinajstić information content (AvgIpc) is 2.39. The van der Waals surface area contributed by atoms with E-state index in [2.05, 4.69) is 5.32 Å². The van der Waals surface area contributed by atoms with Crippen molar-refractivity contribution in [3.63, 3.8) is 0 Å². The van der Waals surface area contributed by atoms with Crippen molar-refractivity contribution >= 4 is 5.69 Å². The minimum absolute atomic E-state index is 0.302. The number of ether oxygens (including phenoxy) is 2. The second-order valence-electron chi connectivity index (χ2n) is 4.47. The molecule has 1 aromatic carbocycles. The summed E-state index contributed by atoms with van der Waals surface area (Å²) in [6, 6.07) is 6.50. The molecule has 0 heterocycles. The molecule has 102 valence electrons. The fourth-order valence-corrected chi connectivity index (χ4v) is 1.70. The topological polar surface area (TPSA) is 56.5 Å². The Morgan fingerprint density at radius 2 is 1.94 bits per heavy atom. The van der Waals surface area contributed by atoms with Crippen LogP contribution in [0.1, 0.15) is 13.3 Å². The highest BCUT2D eigenvalue weighted by Gasteiger charge is 2.27. The first-order chi connectivity index (χ1) is 8.54. The van der Waals surface area contributed by atoms with E-state index in [0.29, 0.717) is 18.7 Å². The second-order valence-corrected chi connectivity index (χ2v) is 4.47. The van der Waals surface area contributed by atoms with Gasteiger partial charge in [-0.15, -0.1) is 0 Å². The van der Waals surface area contributed by atoms with E-state index in [0.717, 1.165) is 0 Å². The Bertz CT molecular complexity index is 372. The maximum atomic E-state index is 13.6. The number of nitrogens with two attached hydrogens (primary N) is 1. The predicted molar refractivity (Wildman–Crippen MR) is 69.9 cm³/mol. The molecular weight excluding hydrogens is 235 g/mol. The van der Waals surface area contributed by atoms with Gasteiger partial charge >= 0.3 is 0 Å². The lowest BCUT2D eigenvalue weighted by Gasteiger charge is -2.33. The van der Waals surface area contributed by atoms with E-state index in [4.69, 9.17) is 15.2 Å². The summed E-state index contributed by atoms with van der Waals surface area (Å²) in [4.78, 5) is 0. The molecule has 1 unspecified atom stereocenters. The van der Waals surface area contributed by atoms with Crippen LogP contribution in [0.4, 0.5) is 10.1 Å². The maximum Gasteiger partial charge on any atom is 0.159 e. The SMILES string of the molecule is COC(CC(C)(CN)Nc1ccccc1F)OC. The Morgan fingerprint density at radius 1 is 1.33 bits per heavy atom. The number of rotatable bonds is 7. The molecule has 0 saturated heterocycles. The zero-order chi connectivity index (χ0) is 13.6. The van der Waals surface area contributed by atoms with E-state index in [-0.39, 0.29) is 12.1 Å². The quantitative estimate of drug-likeness (QED) is 0.732. The van der Waals surface area contributed by atoms with E-state index in [1.807, 2.05) is 6.92 Å². The summed E-state index contributed by atoms with van der Waals surface area (Å²) in [5.74, 6) is -0.302. The standard InChI is InChI=1S/C13H21FN2O2/c1-13(9-15,8-12(17-2)18-3)16-11-7-5-4-6-10(11)14/h4-7,12,16H,8-9,15H2,1-3H3. The number of halogens is 1. The highest BCUT2D eigenvalue weighted by molar-refractivity contribution is 5.46. The average molecular weight is 256 g/mol. The minimum Gasteiger partial charge on any atom is -0.376 e. The zero-order valence-electron chi connectivity index (χ0n) is 11.1. The van der Waals surface area contributed by atoms with Crippen LogP contribution in [0, 0.1) is 5.82 Å². The monoisotopic (exact) mass is 256 g/mol. The second kappa shape index (κ2) is 6.68. The van der Waals surface area contributed by atoms with E-state index < -0.39 is 5.54 Å². The molecule has 3 N–H and O–H groups in total. The first-order valence-electron chi connectivity index (χ1n) is 5.83. The van der Waals surface area contributed by atoms with Crippen LogP contribution in [-0.4, -0.2) is 32.6 Å². The first-order valence-corrected chi connectivity index (χ1v) is 5.83. The van der Waals surface area contributed by atoms with Gasteiger partial charge in [-0.05, 0) is 19.1 Å². The van der Waals surface area contributed by atoms with Crippen molar-refractivity contribution in [2.75, 3.05) is 26.1 Å². The number of benzene rings is 1. The van der Waals surface area contributed by atoms with Crippen LogP contribution >= 0.6 is 0 Å². The van der Waals surface area contributed by atoms with Crippen molar-refractivity contribution < 1.29 is 13.9 Å². The normalized spacial score (nSPS) is 14.6. The Labute approximate surface area is 107 Å².